The quantitative estimate of drug-likeness (QED) is 0.755. The lowest BCUT2D eigenvalue weighted by molar-refractivity contribution is 0.0993. The molecule has 0 radical (unpaired) electrons. The first-order chi connectivity index (χ1) is 7.68. The van der Waals surface area contributed by atoms with E-state index in [4.69, 9.17) is 16.2 Å². The topological polar surface area (TPSA) is 78.3 Å². The van der Waals surface area contributed by atoms with Crippen LogP contribution in [0.25, 0.3) is 0 Å². The molecule has 1 fully saturated rings. The molecule has 0 heterocycles. The SMILES string of the molecule is NC(=O)c1cccc(N)c1OCC1CCC1. The van der Waals surface area contributed by atoms with Crippen molar-refractivity contribution in [2.75, 3.05) is 12.3 Å². The molecule has 2 rings (SSSR count). The molecular formula is C12H16N2O2. The smallest absolute Gasteiger partial charge is 0.252 e. The molecule has 4 nitrogen and oxygen atoms in total. The maximum atomic E-state index is 11.2. The number of nitrogen functional groups attached to an aromatic ring is 1. The fourth-order valence-electron chi connectivity index (χ4n) is 1.77. The molecule has 0 unspecified atom stereocenters. The summed E-state index contributed by atoms with van der Waals surface area (Å²) in [6.07, 6.45) is 3.65. The number of amides is 1. The van der Waals surface area contributed by atoms with Crippen molar-refractivity contribution < 1.29 is 9.53 Å². The summed E-state index contributed by atoms with van der Waals surface area (Å²) < 4.78 is 5.61. The van der Waals surface area contributed by atoms with Crippen molar-refractivity contribution in [3.05, 3.63) is 23.8 Å². The van der Waals surface area contributed by atoms with Crippen LogP contribution in [0.1, 0.15) is 29.6 Å². The first kappa shape index (κ1) is 10.8. The van der Waals surface area contributed by atoms with Crippen molar-refractivity contribution in [3.8, 4) is 5.75 Å². The Morgan fingerprint density at radius 3 is 2.75 bits per heavy atom. The number of para-hydroxylation sites is 1. The van der Waals surface area contributed by atoms with Crippen LogP contribution < -0.4 is 16.2 Å². The van der Waals surface area contributed by atoms with E-state index in [1.165, 1.54) is 19.3 Å². The van der Waals surface area contributed by atoms with Gasteiger partial charge in [0.05, 0.1) is 17.9 Å². The largest absolute Gasteiger partial charge is 0.490 e. The second-order valence-corrected chi connectivity index (χ2v) is 4.20. The zero-order chi connectivity index (χ0) is 11.5. The number of primary amides is 1. The molecule has 0 atom stereocenters. The molecule has 0 aromatic heterocycles. The van der Waals surface area contributed by atoms with E-state index in [0.29, 0.717) is 29.5 Å². The van der Waals surface area contributed by atoms with Gasteiger partial charge in [-0.1, -0.05) is 12.5 Å². The molecule has 1 amide bonds. The van der Waals surface area contributed by atoms with Gasteiger partial charge in [-0.15, -0.1) is 0 Å². The Bertz CT molecular complexity index is 400. The van der Waals surface area contributed by atoms with Crippen molar-refractivity contribution in [1.82, 2.24) is 0 Å². The molecule has 4 N–H and O–H groups in total. The van der Waals surface area contributed by atoms with Crippen LogP contribution in [0.15, 0.2) is 18.2 Å². The van der Waals surface area contributed by atoms with Crippen LogP contribution >= 0.6 is 0 Å². The van der Waals surface area contributed by atoms with Gasteiger partial charge in [0.15, 0.2) is 5.75 Å². The van der Waals surface area contributed by atoms with Gasteiger partial charge in [0.1, 0.15) is 0 Å². The van der Waals surface area contributed by atoms with Gasteiger partial charge in [0.2, 0.25) is 0 Å². The van der Waals surface area contributed by atoms with E-state index in [2.05, 4.69) is 0 Å². The summed E-state index contributed by atoms with van der Waals surface area (Å²) in [4.78, 5) is 11.2. The molecule has 16 heavy (non-hydrogen) atoms. The van der Waals surface area contributed by atoms with E-state index in [9.17, 15) is 4.79 Å². The van der Waals surface area contributed by atoms with Crippen molar-refractivity contribution in [2.24, 2.45) is 11.7 Å². The van der Waals surface area contributed by atoms with Crippen LogP contribution in [-0.4, -0.2) is 12.5 Å². The summed E-state index contributed by atoms with van der Waals surface area (Å²) in [5.74, 6) is 0.526. The normalized spacial score (nSPS) is 15.5. The fraction of sp³-hybridized carbons (Fsp3) is 0.417. The van der Waals surface area contributed by atoms with E-state index in [1.54, 1.807) is 18.2 Å². The molecule has 0 bridgehead atoms. The molecule has 1 saturated carbocycles. The molecule has 1 aliphatic carbocycles. The summed E-state index contributed by atoms with van der Waals surface area (Å²) in [6, 6.07) is 5.04. The lowest BCUT2D eigenvalue weighted by Gasteiger charge is -2.25. The van der Waals surface area contributed by atoms with Gasteiger partial charge in [-0.3, -0.25) is 4.79 Å². The molecule has 1 aliphatic rings. The fourth-order valence-corrected chi connectivity index (χ4v) is 1.77. The minimum atomic E-state index is -0.504. The van der Waals surface area contributed by atoms with Gasteiger partial charge >= 0.3 is 0 Å². The number of nitrogens with two attached hydrogens (primary N) is 2. The second kappa shape index (κ2) is 4.43. The number of benzene rings is 1. The first-order valence-electron chi connectivity index (χ1n) is 5.49. The van der Waals surface area contributed by atoms with Crippen molar-refractivity contribution in [3.63, 3.8) is 0 Å². The average Bonchev–Trinajstić information content (AvgIpc) is 2.17. The number of hydrogen-bond donors (Lipinski definition) is 2. The third-order valence-electron chi connectivity index (χ3n) is 3.00. The van der Waals surface area contributed by atoms with E-state index in [-0.39, 0.29) is 0 Å². The molecule has 0 saturated heterocycles. The second-order valence-electron chi connectivity index (χ2n) is 4.20. The number of ether oxygens (including phenoxy) is 1. The summed E-state index contributed by atoms with van der Waals surface area (Å²) in [6.45, 7) is 0.620. The lowest BCUT2D eigenvalue weighted by atomic mass is 9.86. The summed E-state index contributed by atoms with van der Waals surface area (Å²) in [7, 11) is 0. The zero-order valence-electron chi connectivity index (χ0n) is 9.11. The zero-order valence-corrected chi connectivity index (χ0v) is 9.11. The maximum absolute atomic E-state index is 11.2. The minimum absolute atomic E-state index is 0.360. The van der Waals surface area contributed by atoms with Gasteiger partial charge in [-0.2, -0.15) is 0 Å². The number of carbonyl (C=O) groups is 1. The Morgan fingerprint density at radius 2 is 2.19 bits per heavy atom. The predicted molar refractivity (Wildman–Crippen MR) is 62.2 cm³/mol. The van der Waals surface area contributed by atoms with Gasteiger partial charge in [-0.05, 0) is 30.9 Å². The van der Waals surface area contributed by atoms with Crippen molar-refractivity contribution >= 4 is 11.6 Å². The van der Waals surface area contributed by atoms with E-state index in [0.717, 1.165) is 0 Å². The molecular weight excluding hydrogens is 204 g/mol. The van der Waals surface area contributed by atoms with Gasteiger partial charge in [0, 0.05) is 0 Å². The highest BCUT2D eigenvalue weighted by Gasteiger charge is 2.20. The van der Waals surface area contributed by atoms with Crippen LogP contribution in [0, 0.1) is 5.92 Å². The van der Waals surface area contributed by atoms with Crippen molar-refractivity contribution in [1.29, 1.82) is 0 Å². The Hall–Kier alpha value is -1.71. The van der Waals surface area contributed by atoms with Gasteiger partial charge in [-0.25, -0.2) is 0 Å². The Labute approximate surface area is 94.6 Å². The highest BCUT2D eigenvalue weighted by Crippen LogP contribution is 2.30. The summed E-state index contributed by atoms with van der Waals surface area (Å²) in [5, 5.41) is 0. The number of rotatable bonds is 4. The van der Waals surface area contributed by atoms with E-state index < -0.39 is 5.91 Å². The average molecular weight is 220 g/mol. The summed E-state index contributed by atoms with van der Waals surface area (Å²) in [5.41, 5.74) is 11.9. The highest BCUT2D eigenvalue weighted by molar-refractivity contribution is 5.97. The third kappa shape index (κ3) is 2.10. The maximum Gasteiger partial charge on any atom is 0.252 e. The molecule has 86 valence electrons. The minimum Gasteiger partial charge on any atom is -0.490 e. The van der Waals surface area contributed by atoms with Crippen LogP contribution in [0.5, 0.6) is 5.75 Å². The lowest BCUT2D eigenvalue weighted by Crippen LogP contribution is -2.21. The Kier molecular flexibility index (Phi) is 2.99. The van der Waals surface area contributed by atoms with Crippen LogP contribution in [0.3, 0.4) is 0 Å². The van der Waals surface area contributed by atoms with Crippen LogP contribution in [0.2, 0.25) is 0 Å². The standard InChI is InChI=1S/C12H16N2O2/c13-10-6-2-5-9(12(14)15)11(10)16-7-8-3-1-4-8/h2,5-6,8H,1,3-4,7,13H2,(H2,14,15). The summed E-state index contributed by atoms with van der Waals surface area (Å²) >= 11 is 0. The number of hydrogen-bond acceptors (Lipinski definition) is 3. The molecule has 0 spiro atoms. The van der Waals surface area contributed by atoms with E-state index in [1.807, 2.05) is 0 Å². The predicted octanol–water partition coefficient (Wildman–Crippen LogP) is 1.55. The first-order valence-corrected chi connectivity index (χ1v) is 5.49. The van der Waals surface area contributed by atoms with E-state index >= 15 is 0 Å². The third-order valence-corrected chi connectivity index (χ3v) is 3.00. The van der Waals surface area contributed by atoms with Crippen LogP contribution in [0.4, 0.5) is 5.69 Å². The van der Waals surface area contributed by atoms with Gasteiger partial charge < -0.3 is 16.2 Å². The number of anilines is 1. The molecule has 4 heteroatoms. The monoisotopic (exact) mass is 220 g/mol. The Balaban J connectivity index is 2.13. The Morgan fingerprint density at radius 1 is 1.44 bits per heavy atom. The van der Waals surface area contributed by atoms with Gasteiger partial charge in [0.25, 0.3) is 5.91 Å². The molecule has 1 aromatic rings. The van der Waals surface area contributed by atoms with Crippen LogP contribution in [-0.2, 0) is 0 Å². The highest BCUT2D eigenvalue weighted by atomic mass is 16.5. The van der Waals surface area contributed by atoms with Crippen molar-refractivity contribution in [2.45, 2.75) is 19.3 Å². The molecule has 1 aromatic carbocycles. The number of carbonyl (C=O) groups excluding carboxylic acids is 1. The molecule has 0 aliphatic heterocycles.